The maximum absolute atomic E-state index is 12.6. The van der Waals surface area contributed by atoms with Crippen LogP contribution in [0.5, 0.6) is 5.75 Å². The fourth-order valence-electron chi connectivity index (χ4n) is 5.83. The summed E-state index contributed by atoms with van der Waals surface area (Å²) in [6.45, 7) is 5.13. The minimum atomic E-state index is -0.963. The van der Waals surface area contributed by atoms with Gasteiger partial charge < -0.3 is 18.9 Å². The molecule has 0 spiro atoms. The van der Waals surface area contributed by atoms with Crippen molar-refractivity contribution in [2.75, 3.05) is 34.4 Å². The summed E-state index contributed by atoms with van der Waals surface area (Å²) in [4.78, 5) is 32.3. The smallest absolute Gasteiger partial charge is 0.337 e. The zero-order valence-electron chi connectivity index (χ0n) is 19.9. The number of carbonyl (C=O) groups is 2. The van der Waals surface area contributed by atoms with Gasteiger partial charge in [-0.1, -0.05) is 19.4 Å². The van der Waals surface area contributed by atoms with E-state index in [4.69, 9.17) is 23.9 Å². The molecule has 8 nitrogen and oxygen atoms in total. The zero-order chi connectivity index (χ0) is 23.8. The minimum Gasteiger partial charge on any atom is -0.504 e. The molecule has 0 unspecified atom stereocenters. The molecule has 178 valence electrons. The highest BCUT2D eigenvalue weighted by Gasteiger charge is 2.57. The van der Waals surface area contributed by atoms with Crippen LogP contribution in [0.4, 0.5) is 5.69 Å². The van der Waals surface area contributed by atoms with Crippen molar-refractivity contribution >= 4 is 23.3 Å². The van der Waals surface area contributed by atoms with Crippen LogP contribution in [0.3, 0.4) is 0 Å². The van der Waals surface area contributed by atoms with Crippen molar-refractivity contribution in [3.8, 4) is 5.75 Å². The van der Waals surface area contributed by atoms with Crippen LogP contribution in [0.2, 0.25) is 0 Å². The molecule has 4 rings (SSSR count). The lowest BCUT2D eigenvalue weighted by atomic mass is 9.70. The van der Waals surface area contributed by atoms with E-state index in [1.54, 1.807) is 7.11 Å². The van der Waals surface area contributed by atoms with E-state index in [0.29, 0.717) is 24.2 Å². The van der Waals surface area contributed by atoms with Gasteiger partial charge in [0.25, 0.3) is 0 Å². The van der Waals surface area contributed by atoms with E-state index in [0.717, 1.165) is 36.5 Å². The van der Waals surface area contributed by atoms with Gasteiger partial charge in [0.1, 0.15) is 5.75 Å². The molecule has 33 heavy (non-hydrogen) atoms. The predicted octanol–water partition coefficient (Wildman–Crippen LogP) is 3.36. The van der Waals surface area contributed by atoms with Crippen molar-refractivity contribution in [2.24, 2.45) is 16.8 Å². The van der Waals surface area contributed by atoms with Gasteiger partial charge in [-0.3, -0.25) is 14.7 Å². The lowest BCUT2D eigenvalue weighted by molar-refractivity contribution is -0.154. The van der Waals surface area contributed by atoms with Crippen LogP contribution in [0.25, 0.3) is 0 Å². The number of ether oxygens (including phenoxy) is 4. The first-order valence-electron chi connectivity index (χ1n) is 11.4. The average Bonchev–Trinajstić information content (AvgIpc) is 3.15. The second kappa shape index (κ2) is 9.17. The minimum absolute atomic E-state index is 0.0647. The average molecular weight is 457 g/mol. The Morgan fingerprint density at radius 3 is 2.70 bits per heavy atom. The molecule has 2 fully saturated rings. The molecule has 0 aromatic heterocycles. The third kappa shape index (κ3) is 3.80. The molecule has 0 bridgehead atoms. The maximum atomic E-state index is 12.6. The van der Waals surface area contributed by atoms with Crippen molar-refractivity contribution < 1.29 is 28.5 Å². The monoisotopic (exact) mass is 456 g/mol. The van der Waals surface area contributed by atoms with Crippen molar-refractivity contribution in [3.63, 3.8) is 0 Å². The molecule has 0 radical (unpaired) electrons. The van der Waals surface area contributed by atoms with Crippen LogP contribution in [-0.4, -0.2) is 63.0 Å². The number of aliphatic imine (C=N–C) groups is 1. The zero-order valence-corrected chi connectivity index (χ0v) is 19.9. The van der Waals surface area contributed by atoms with E-state index in [9.17, 15) is 9.59 Å². The highest BCUT2D eigenvalue weighted by molar-refractivity contribution is 6.06. The molecule has 2 saturated heterocycles. The van der Waals surface area contributed by atoms with E-state index in [2.05, 4.69) is 11.8 Å². The SMILES string of the molecule is CC[C@@H]1CN2CC[C@@]3(OC(C)=O)C(=Nc4cccc(OC)c43)[C@@H]2C[C@@H]1/C(=C\OC)C(=O)OC. The van der Waals surface area contributed by atoms with E-state index in [1.165, 1.54) is 27.4 Å². The number of nitrogens with zero attached hydrogens (tertiary/aromatic N) is 2. The van der Waals surface area contributed by atoms with E-state index in [1.807, 2.05) is 18.2 Å². The Morgan fingerprint density at radius 1 is 1.27 bits per heavy atom. The Morgan fingerprint density at radius 2 is 2.06 bits per heavy atom. The van der Waals surface area contributed by atoms with E-state index >= 15 is 0 Å². The lowest BCUT2D eigenvalue weighted by Crippen LogP contribution is -2.61. The highest BCUT2D eigenvalue weighted by Crippen LogP contribution is 2.53. The standard InChI is InChI=1S/C25H32N2O6/c1-6-16-13-27-11-10-25(33-15(2)28)22-19(8-7-9-21(22)31-4)26-23(25)20(27)12-17(16)18(14-30-3)24(29)32-5/h7-9,14,16-17,20H,6,10-13H2,1-5H3/b18-14+/t16-,17+,20+,25+/m1/s1. The van der Waals surface area contributed by atoms with Crippen LogP contribution in [-0.2, 0) is 29.4 Å². The van der Waals surface area contributed by atoms with Crippen molar-refractivity contribution in [1.82, 2.24) is 4.90 Å². The molecule has 3 aliphatic heterocycles. The summed E-state index contributed by atoms with van der Waals surface area (Å²) in [6, 6.07) is 5.61. The molecule has 4 atom stereocenters. The number of hydrogen-bond acceptors (Lipinski definition) is 8. The van der Waals surface area contributed by atoms with E-state index < -0.39 is 5.60 Å². The van der Waals surface area contributed by atoms with Gasteiger partial charge in [-0.15, -0.1) is 0 Å². The van der Waals surface area contributed by atoms with Crippen LogP contribution in [0.15, 0.2) is 35.0 Å². The molecule has 3 heterocycles. The number of piperidine rings is 2. The third-order valence-electron chi connectivity index (χ3n) is 7.21. The number of fused-ring (bicyclic) bond motifs is 5. The number of esters is 2. The molecule has 3 aliphatic rings. The topological polar surface area (TPSA) is 86.7 Å². The normalized spacial score (nSPS) is 28.7. The van der Waals surface area contributed by atoms with Gasteiger partial charge in [-0.05, 0) is 30.4 Å². The number of benzene rings is 1. The van der Waals surface area contributed by atoms with Gasteiger partial charge in [0.05, 0.1) is 56.2 Å². The van der Waals surface area contributed by atoms with Crippen molar-refractivity contribution in [3.05, 3.63) is 35.6 Å². The first kappa shape index (κ1) is 23.3. The molecule has 0 aliphatic carbocycles. The van der Waals surface area contributed by atoms with Gasteiger partial charge in [-0.2, -0.15) is 0 Å². The van der Waals surface area contributed by atoms with Gasteiger partial charge in [-0.25, -0.2) is 4.79 Å². The van der Waals surface area contributed by atoms with Gasteiger partial charge in [0.15, 0.2) is 5.60 Å². The molecule has 0 amide bonds. The number of methoxy groups -OCH3 is 3. The Hall–Kier alpha value is -2.87. The van der Waals surface area contributed by atoms with Gasteiger partial charge in [0, 0.05) is 26.4 Å². The number of carbonyl (C=O) groups excluding carboxylic acids is 2. The largest absolute Gasteiger partial charge is 0.504 e. The summed E-state index contributed by atoms with van der Waals surface area (Å²) in [5.74, 6) is 0.124. The van der Waals surface area contributed by atoms with Crippen LogP contribution in [0, 0.1) is 11.8 Å². The van der Waals surface area contributed by atoms with Crippen LogP contribution in [0.1, 0.15) is 38.7 Å². The van der Waals surface area contributed by atoms with Gasteiger partial charge in [0.2, 0.25) is 0 Å². The summed E-state index contributed by atoms with van der Waals surface area (Å²) >= 11 is 0. The first-order valence-corrected chi connectivity index (χ1v) is 11.4. The maximum Gasteiger partial charge on any atom is 0.337 e. The van der Waals surface area contributed by atoms with Crippen LogP contribution >= 0.6 is 0 Å². The van der Waals surface area contributed by atoms with Crippen LogP contribution < -0.4 is 4.74 Å². The summed E-state index contributed by atoms with van der Waals surface area (Å²) < 4.78 is 22.1. The number of hydrogen-bond donors (Lipinski definition) is 0. The molecular formula is C25H32N2O6. The van der Waals surface area contributed by atoms with Crippen molar-refractivity contribution in [1.29, 1.82) is 0 Å². The van der Waals surface area contributed by atoms with Crippen molar-refractivity contribution in [2.45, 2.75) is 44.8 Å². The Bertz CT molecular complexity index is 1000. The molecule has 1 aromatic carbocycles. The number of rotatable bonds is 6. The molecular weight excluding hydrogens is 424 g/mol. The Balaban J connectivity index is 1.79. The first-order chi connectivity index (χ1) is 15.9. The van der Waals surface area contributed by atoms with E-state index in [-0.39, 0.29) is 29.8 Å². The summed E-state index contributed by atoms with van der Waals surface area (Å²) in [5, 5.41) is 0. The Labute approximate surface area is 194 Å². The quantitative estimate of drug-likeness (QED) is 0.369. The molecule has 0 N–H and O–H groups in total. The Kier molecular flexibility index (Phi) is 6.47. The molecule has 8 heteroatoms. The summed E-state index contributed by atoms with van der Waals surface area (Å²) in [7, 11) is 4.54. The predicted molar refractivity (Wildman–Crippen MR) is 123 cm³/mol. The lowest BCUT2D eigenvalue weighted by Gasteiger charge is -2.51. The highest BCUT2D eigenvalue weighted by atomic mass is 16.6. The fraction of sp³-hybridized carbons (Fsp3) is 0.560. The molecule has 1 aromatic rings. The third-order valence-corrected chi connectivity index (χ3v) is 7.21. The molecule has 0 saturated carbocycles. The summed E-state index contributed by atoms with van der Waals surface area (Å²) in [6.07, 6.45) is 3.68. The second-order valence-electron chi connectivity index (χ2n) is 8.84. The van der Waals surface area contributed by atoms with Gasteiger partial charge >= 0.3 is 11.9 Å². The second-order valence-corrected chi connectivity index (χ2v) is 8.84. The fourth-order valence-corrected chi connectivity index (χ4v) is 5.83. The summed E-state index contributed by atoms with van der Waals surface area (Å²) in [5.41, 5.74) is 1.96.